The molecule has 2 heteroatoms. The van der Waals surface area contributed by atoms with Crippen LogP contribution < -0.4 is 0 Å². The van der Waals surface area contributed by atoms with E-state index in [0.29, 0.717) is 0 Å². The van der Waals surface area contributed by atoms with Crippen LogP contribution in [0.2, 0.25) is 0 Å². The number of hydrogen-bond acceptors (Lipinski definition) is 2. The highest BCUT2D eigenvalue weighted by molar-refractivity contribution is 5.42. The normalized spacial score (nSPS) is 17.4. The van der Waals surface area contributed by atoms with Crippen molar-refractivity contribution in [1.29, 1.82) is 0 Å². The Kier molecular flexibility index (Phi) is 4.60. The van der Waals surface area contributed by atoms with Gasteiger partial charge < -0.3 is 10.2 Å². The fourth-order valence-corrected chi connectivity index (χ4v) is 3.83. The summed E-state index contributed by atoms with van der Waals surface area (Å²) in [4.78, 5) is 0. The van der Waals surface area contributed by atoms with Gasteiger partial charge >= 0.3 is 0 Å². The second-order valence-electron chi connectivity index (χ2n) is 6.36. The molecule has 22 heavy (non-hydrogen) atoms. The van der Waals surface area contributed by atoms with Gasteiger partial charge in [-0.1, -0.05) is 67.8 Å². The molecule has 2 aromatic rings. The minimum atomic E-state index is 0.0224. The Balaban J connectivity index is 2.11. The molecule has 2 nitrogen and oxygen atoms in total. The van der Waals surface area contributed by atoms with Gasteiger partial charge in [0.05, 0.1) is 13.2 Å². The van der Waals surface area contributed by atoms with Crippen molar-refractivity contribution in [3.8, 4) is 0 Å². The first-order chi connectivity index (χ1) is 10.8. The summed E-state index contributed by atoms with van der Waals surface area (Å²) >= 11 is 0. The summed E-state index contributed by atoms with van der Waals surface area (Å²) in [5, 5.41) is 18.9. The van der Waals surface area contributed by atoms with Crippen LogP contribution >= 0.6 is 0 Å². The first-order valence-electron chi connectivity index (χ1n) is 8.19. The lowest BCUT2D eigenvalue weighted by Crippen LogP contribution is -2.30. The van der Waals surface area contributed by atoms with Gasteiger partial charge in [0.15, 0.2) is 0 Å². The van der Waals surface area contributed by atoms with Crippen LogP contribution in [0.25, 0.3) is 0 Å². The zero-order valence-electron chi connectivity index (χ0n) is 13.0. The summed E-state index contributed by atoms with van der Waals surface area (Å²) in [7, 11) is 0. The minimum Gasteiger partial charge on any atom is -0.392 e. The minimum absolute atomic E-state index is 0.0224. The van der Waals surface area contributed by atoms with Crippen molar-refractivity contribution in [3.63, 3.8) is 0 Å². The van der Waals surface area contributed by atoms with E-state index in [1.165, 1.54) is 30.4 Å². The van der Waals surface area contributed by atoms with Gasteiger partial charge in [0.25, 0.3) is 0 Å². The zero-order chi connectivity index (χ0) is 15.4. The summed E-state index contributed by atoms with van der Waals surface area (Å²) in [5.74, 6) is 0. The topological polar surface area (TPSA) is 40.5 Å². The maximum atomic E-state index is 9.46. The zero-order valence-corrected chi connectivity index (χ0v) is 13.0. The second-order valence-corrected chi connectivity index (χ2v) is 6.36. The third-order valence-electron chi connectivity index (χ3n) is 5.03. The maximum Gasteiger partial charge on any atom is 0.0681 e. The molecule has 1 saturated carbocycles. The SMILES string of the molecule is OCc1cccc(C2(c3cccc(CO)c3)CCCCC2)c1. The van der Waals surface area contributed by atoms with Crippen LogP contribution in [0.5, 0.6) is 0 Å². The van der Waals surface area contributed by atoms with Crippen LogP contribution in [0.1, 0.15) is 54.4 Å². The Bertz CT molecular complexity index is 578. The fraction of sp³-hybridized carbons (Fsp3) is 0.400. The van der Waals surface area contributed by atoms with E-state index in [0.717, 1.165) is 24.0 Å². The molecule has 0 atom stereocenters. The first kappa shape index (κ1) is 15.3. The predicted molar refractivity (Wildman–Crippen MR) is 88.6 cm³/mol. The highest BCUT2D eigenvalue weighted by Crippen LogP contribution is 2.45. The van der Waals surface area contributed by atoms with Gasteiger partial charge in [-0.3, -0.25) is 0 Å². The van der Waals surface area contributed by atoms with E-state index in [2.05, 4.69) is 24.3 Å². The number of benzene rings is 2. The molecule has 0 radical (unpaired) electrons. The van der Waals surface area contributed by atoms with Gasteiger partial charge in [-0.15, -0.1) is 0 Å². The average Bonchev–Trinajstić information content (AvgIpc) is 2.62. The van der Waals surface area contributed by atoms with Gasteiger partial charge in [0.1, 0.15) is 0 Å². The molecule has 0 amide bonds. The van der Waals surface area contributed by atoms with E-state index in [9.17, 15) is 10.2 Å². The monoisotopic (exact) mass is 296 g/mol. The summed E-state index contributed by atoms with van der Waals surface area (Å²) in [6.45, 7) is 0.168. The van der Waals surface area contributed by atoms with Crippen LogP contribution in [-0.4, -0.2) is 10.2 Å². The fourth-order valence-electron chi connectivity index (χ4n) is 3.83. The van der Waals surface area contributed by atoms with Crippen molar-refractivity contribution < 1.29 is 10.2 Å². The van der Waals surface area contributed by atoms with Crippen molar-refractivity contribution in [2.24, 2.45) is 0 Å². The largest absolute Gasteiger partial charge is 0.392 e. The molecule has 1 fully saturated rings. The lowest BCUT2D eigenvalue weighted by Gasteiger charge is -2.39. The molecule has 3 rings (SSSR count). The Morgan fingerprint density at radius 2 is 1.23 bits per heavy atom. The van der Waals surface area contributed by atoms with E-state index < -0.39 is 0 Å². The summed E-state index contributed by atoms with van der Waals surface area (Å²) < 4.78 is 0. The lowest BCUT2D eigenvalue weighted by atomic mass is 9.65. The summed E-state index contributed by atoms with van der Waals surface area (Å²) in [5.41, 5.74) is 4.57. The van der Waals surface area contributed by atoms with Crippen LogP contribution in [0.4, 0.5) is 0 Å². The van der Waals surface area contributed by atoms with Gasteiger partial charge in [-0.2, -0.15) is 0 Å². The van der Waals surface area contributed by atoms with Crippen LogP contribution in [0, 0.1) is 0 Å². The van der Waals surface area contributed by atoms with Gasteiger partial charge in [0.2, 0.25) is 0 Å². The Labute approximate surface area is 132 Å². The highest BCUT2D eigenvalue weighted by atomic mass is 16.3. The van der Waals surface area contributed by atoms with Gasteiger partial charge in [-0.05, 0) is 35.1 Å². The number of rotatable bonds is 4. The first-order valence-corrected chi connectivity index (χ1v) is 8.19. The summed E-state index contributed by atoms with van der Waals surface area (Å²) in [6.07, 6.45) is 6.02. The van der Waals surface area contributed by atoms with E-state index in [1.807, 2.05) is 24.3 Å². The van der Waals surface area contributed by atoms with Crippen LogP contribution in [0.3, 0.4) is 0 Å². The molecule has 0 spiro atoms. The molecule has 2 N–H and O–H groups in total. The average molecular weight is 296 g/mol. The van der Waals surface area contributed by atoms with Crippen molar-refractivity contribution in [2.75, 3.05) is 0 Å². The Morgan fingerprint density at radius 1 is 0.727 bits per heavy atom. The summed E-state index contributed by atoms with van der Waals surface area (Å²) in [6, 6.07) is 16.7. The third kappa shape index (κ3) is 2.81. The van der Waals surface area contributed by atoms with Crippen molar-refractivity contribution >= 4 is 0 Å². The van der Waals surface area contributed by atoms with E-state index in [4.69, 9.17) is 0 Å². The van der Waals surface area contributed by atoms with E-state index >= 15 is 0 Å². The molecule has 0 aromatic heterocycles. The molecule has 1 aliphatic carbocycles. The smallest absolute Gasteiger partial charge is 0.0681 e. The van der Waals surface area contributed by atoms with Crippen molar-refractivity contribution in [3.05, 3.63) is 70.8 Å². The lowest BCUT2D eigenvalue weighted by molar-refractivity contribution is 0.280. The molecule has 2 aromatic carbocycles. The molecular weight excluding hydrogens is 272 g/mol. The standard InChI is InChI=1S/C20H24O2/c21-14-16-6-4-8-18(12-16)20(10-2-1-3-11-20)19-9-5-7-17(13-19)15-22/h4-9,12-13,21-22H,1-3,10-11,14-15H2. The molecule has 0 aliphatic heterocycles. The number of aliphatic hydroxyl groups is 2. The van der Waals surface area contributed by atoms with Crippen molar-refractivity contribution in [1.82, 2.24) is 0 Å². The number of aliphatic hydroxyl groups excluding tert-OH is 2. The molecule has 116 valence electrons. The molecule has 0 heterocycles. The highest BCUT2D eigenvalue weighted by Gasteiger charge is 2.35. The predicted octanol–water partition coefficient (Wildman–Crippen LogP) is 3.92. The maximum absolute atomic E-state index is 9.46. The Morgan fingerprint density at radius 3 is 1.68 bits per heavy atom. The van der Waals surface area contributed by atoms with E-state index in [-0.39, 0.29) is 18.6 Å². The Hall–Kier alpha value is -1.64. The van der Waals surface area contributed by atoms with E-state index in [1.54, 1.807) is 0 Å². The van der Waals surface area contributed by atoms with Crippen molar-refractivity contribution in [2.45, 2.75) is 50.7 Å². The van der Waals surface area contributed by atoms with Crippen LogP contribution in [-0.2, 0) is 18.6 Å². The molecule has 1 aliphatic rings. The van der Waals surface area contributed by atoms with Gasteiger partial charge in [-0.25, -0.2) is 0 Å². The molecule has 0 saturated heterocycles. The quantitative estimate of drug-likeness (QED) is 0.897. The second kappa shape index (κ2) is 6.64. The molecule has 0 bridgehead atoms. The van der Waals surface area contributed by atoms with Crippen LogP contribution in [0.15, 0.2) is 48.5 Å². The van der Waals surface area contributed by atoms with Gasteiger partial charge in [0, 0.05) is 5.41 Å². The molecule has 0 unspecified atom stereocenters. The number of hydrogen-bond donors (Lipinski definition) is 2. The third-order valence-corrected chi connectivity index (χ3v) is 5.03. The molecular formula is C20H24O2.